The molecule has 0 aromatic heterocycles. The van der Waals surface area contributed by atoms with E-state index in [0.29, 0.717) is 23.7 Å². The van der Waals surface area contributed by atoms with E-state index in [1.807, 2.05) is 6.07 Å². The molecule has 1 aliphatic heterocycles. The van der Waals surface area contributed by atoms with Gasteiger partial charge in [-0.05, 0) is 25.1 Å². The second-order valence-electron chi connectivity index (χ2n) is 3.87. The molecule has 96 valence electrons. The number of benzene rings is 1. The van der Waals surface area contributed by atoms with Gasteiger partial charge in [0.25, 0.3) is 0 Å². The predicted octanol–water partition coefficient (Wildman–Crippen LogP) is 2.71. The SMILES string of the molecule is CCOC(=O)/C=C1\CC(O)c2cc(Br)ccc2O1. The average molecular weight is 313 g/mol. The number of hydrogen-bond acceptors (Lipinski definition) is 4. The molecular formula is C13H13BrO4. The molecule has 0 amide bonds. The van der Waals surface area contributed by atoms with Crippen LogP contribution in [0.15, 0.2) is 34.5 Å². The van der Waals surface area contributed by atoms with E-state index in [-0.39, 0.29) is 6.42 Å². The molecule has 1 heterocycles. The summed E-state index contributed by atoms with van der Waals surface area (Å²) in [5, 5.41) is 10.0. The van der Waals surface area contributed by atoms with Crippen molar-refractivity contribution in [3.05, 3.63) is 40.1 Å². The normalized spacial score (nSPS) is 20.2. The van der Waals surface area contributed by atoms with Gasteiger partial charge in [-0.3, -0.25) is 0 Å². The van der Waals surface area contributed by atoms with Gasteiger partial charge in [0.05, 0.1) is 18.8 Å². The van der Waals surface area contributed by atoms with Crippen LogP contribution >= 0.6 is 15.9 Å². The zero-order valence-corrected chi connectivity index (χ0v) is 11.4. The van der Waals surface area contributed by atoms with Crippen molar-refractivity contribution >= 4 is 21.9 Å². The van der Waals surface area contributed by atoms with Gasteiger partial charge in [0.15, 0.2) is 0 Å². The van der Waals surface area contributed by atoms with Crippen LogP contribution < -0.4 is 4.74 Å². The van der Waals surface area contributed by atoms with Crippen molar-refractivity contribution in [3.8, 4) is 5.75 Å². The van der Waals surface area contributed by atoms with Crippen LogP contribution in [0.3, 0.4) is 0 Å². The molecule has 2 rings (SSSR count). The lowest BCUT2D eigenvalue weighted by Gasteiger charge is -2.24. The third-order valence-electron chi connectivity index (χ3n) is 2.53. The highest BCUT2D eigenvalue weighted by Crippen LogP contribution is 2.37. The van der Waals surface area contributed by atoms with Gasteiger partial charge in [-0.25, -0.2) is 4.79 Å². The molecule has 1 N–H and O–H groups in total. The van der Waals surface area contributed by atoms with E-state index in [1.165, 1.54) is 6.08 Å². The lowest BCUT2D eigenvalue weighted by molar-refractivity contribution is -0.137. The minimum absolute atomic E-state index is 0.266. The zero-order valence-electron chi connectivity index (χ0n) is 9.85. The molecule has 0 fully saturated rings. The number of ether oxygens (including phenoxy) is 2. The molecule has 0 saturated carbocycles. The zero-order chi connectivity index (χ0) is 13.1. The Bertz CT molecular complexity index is 496. The maximum absolute atomic E-state index is 11.3. The molecule has 0 aliphatic carbocycles. The Morgan fingerprint density at radius 1 is 1.67 bits per heavy atom. The molecule has 5 heteroatoms. The molecular weight excluding hydrogens is 300 g/mol. The van der Waals surface area contributed by atoms with Crippen LogP contribution in [0.1, 0.15) is 25.0 Å². The number of aliphatic hydroxyl groups is 1. The van der Waals surface area contributed by atoms with Crippen LogP contribution in [0.4, 0.5) is 0 Å². The van der Waals surface area contributed by atoms with Gasteiger partial charge < -0.3 is 14.6 Å². The Hall–Kier alpha value is -1.33. The van der Waals surface area contributed by atoms with E-state index in [1.54, 1.807) is 19.1 Å². The first kappa shape index (κ1) is 13.1. The van der Waals surface area contributed by atoms with E-state index >= 15 is 0 Å². The Labute approximate surface area is 113 Å². The number of aliphatic hydroxyl groups excluding tert-OH is 1. The first-order chi connectivity index (χ1) is 8.60. The first-order valence-electron chi connectivity index (χ1n) is 5.63. The fourth-order valence-electron chi connectivity index (χ4n) is 1.76. The first-order valence-corrected chi connectivity index (χ1v) is 6.42. The molecule has 1 atom stereocenters. The second-order valence-corrected chi connectivity index (χ2v) is 4.78. The van der Waals surface area contributed by atoms with Gasteiger partial charge in [0.2, 0.25) is 0 Å². The quantitative estimate of drug-likeness (QED) is 0.674. The number of hydrogen-bond donors (Lipinski definition) is 1. The monoisotopic (exact) mass is 312 g/mol. The number of carbonyl (C=O) groups is 1. The summed E-state index contributed by atoms with van der Waals surface area (Å²) in [6, 6.07) is 5.38. The molecule has 1 unspecified atom stereocenters. The molecule has 18 heavy (non-hydrogen) atoms. The topological polar surface area (TPSA) is 55.8 Å². The van der Waals surface area contributed by atoms with Crippen molar-refractivity contribution in [3.63, 3.8) is 0 Å². The van der Waals surface area contributed by atoms with E-state index in [2.05, 4.69) is 15.9 Å². The third kappa shape index (κ3) is 2.91. The largest absolute Gasteiger partial charge is 0.463 e. The molecule has 0 radical (unpaired) electrons. The number of rotatable bonds is 2. The van der Waals surface area contributed by atoms with Crippen LogP contribution in [0.5, 0.6) is 5.75 Å². The fraction of sp³-hybridized carbons (Fsp3) is 0.308. The van der Waals surface area contributed by atoms with Gasteiger partial charge in [0.1, 0.15) is 11.5 Å². The molecule has 1 aromatic carbocycles. The second kappa shape index (κ2) is 5.54. The highest BCUT2D eigenvalue weighted by molar-refractivity contribution is 9.10. The Morgan fingerprint density at radius 2 is 2.44 bits per heavy atom. The number of esters is 1. The van der Waals surface area contributed by atoms with E-state index in [0.717, 1.165) is 4.47 Å². The van der Waals surface area contributed by atoms with Crippen molar-refractivity contribution in [2.45, 2.75) is 19.4 Å². The molecule has 1 aromatic rings. The molecule has 4 nitrogen and oxygen atoms in total. The molecule has 1 aliphatic rings. The highest BCUT2D eigenvalue weighted by Gasteiger charge is 2.23. The van der Waals surface area contributed by atoms with E-state index in [9.17, 15) is 9.90 Å². The summed E-state index contributed by atoms with van der Waals surface area (Å²) in [6.45, 7) is 2.05. The maximum atomic E-state index is 11.3. The Balaban J connectivity index is 2.23. The van der Waals surface area contributed by atoms with Gasteiger partial charge >= 0.3 is 5.97 Å². The molecule has 0 bridgehead atoms. The lowest BCUT2D eigenvalue weighted by atomic mass is 10.0. The number of carbonyl (C=O) groups excluding carboxylic acids is 1. The maximum Gasteiger partial charge on any atom is 0.334 e. The summed E-state index contributed by atoms with van der Waals surface area (Å²) in [7, 11) is 0. The van der Waals surface area contributed by atoms with Crippen molar-refractivity contribution in [2.24, 2.45) is 0 Å². The Morgan fingerprint density at radius 3 is 3.17 bits per heavy atom. The molecule has 0 spiro atoms. The minimum atomic E-state index is -0.674. The van der Waals surface area contributed by atoms with Crippen LogP contribution in [0, 0.1) is 0 Å². The summed E-state index contributed by atoms with van der Waals surface area (Å²) < 4.78 is 11.2. The van der Waals surface area contributed by atoms with E-state index < -0.39 is 12.1 Å². The Kier molecular flexibility index (Phi) is 4.04. The smallest absolute Gasteiger partial charge is 0.334 e. The van der Waals surface area contributed by atoms with Gasteiger partial charge in [-0.1, -0.05) is 15.9 Å². The van der Waals surface area contributed by atoms with Crippen molar-refractivity contribution in [1.82, 2.24) is 0 Å². The average Bonchev–Trinajstić information content (AvgIpc) is 2.30. The van der Waals surface area contributed by atoms with E-state index in [4.69, 9.17) is 9.47 Å². The lowest BCUT2D eigenvalue weighted by Crippen LogP contribution is -2.14. The minimum Gasteiger partial charge on any atom is -0.463 e. The van der Waals surface area contributed by atoms with Crippen molar-refractivity contribution in [2.75, 3.05) is 6.61 Å². The third-order valence-corrected chi connectivity index (χ3v) is 3.03. The summed E-state index contributed by atoms with van der Waals surface area (Å²) in [5.74, 6) is 0.517. The summed E-state index contributed by atoms with van der Waals surface area (Å²) in [4.78, 5) is 11.3. The number of halogens is 1. The van der Waals surface area contributed by atoms with Gasteiger partial charge in [-0.15, -0.1) is 0 Å². The predicted molar refractivity (Wildman–Crippen MR) is 69.1 cm³/mol. The van der Waals surface area contributed by atoms with Crippen LogP contribution in [0.25, 0.3) is 0 Å². The van der Waals surface area contributed by atoms with Crippen molar-refractivity contribution in [1.29, 1.82) is 0 Å². The fourth-order valence-corrected chi connectivity index (χ4v) is 2.14. The summed E-state index contributed by atoms with van der Waals surface area (Å²) >= 11 is 3.34. The standard InChI is InChI=1S/C13H13BrO4/c1-2-17-13(16)7-9-6-11(15)10-5-8(14)3-4-12(10)18-9/h3-5,7,11,15H,2,6H2,1H3/b9-7+. The molecule has 0 saturated heterocycles. The van der Waals surface area contributed by atoms with Gasteiger partial charge in [0, 0.05) is 16.5 Å². The van der Waals surface area contributed by atoms with Crippen LogP contribution in [-0.2, 0) is 9.53 Å². The summed E-state index contributed by atoms with van der Waals surface area (Å²) in [6.07, 6.45) is 0.867. The van der Waals surface area contributed by atoms with Crippen molar-refractivity contribution < 1.29 is 19.4 Å². The van der Waals surface area contributed by atoms with Crippen LogP contribution in [0.2, 0.25) is 0 Å². The highest BCUT2D eigenvalue weighted by atomic mass is 79.9. The van der Waals surface area contributed by atoms with Crippen LogP contribution in [-0.4, -0.2) is 17.7 Å². The van der Waals surface area contributed by atoms with Gasteiger partial charge in [-0.2, -0.15) is 0 Å². The summed E-state index contributed by atoms with van der Waals surface area (Å²) in [5.41, 5.74) is 0.713. The number of fused-ring (bicyclic) bond motifs is 1.